The molecule has 0 bridgehead atoms. The minimum absolute atomic E-state index is 0.410. The van der Waals surface area contributed by atoms with Crippen LogP contribution in [-0.4, -0.2) is 5.11 Å². The van der Waals surface area contributed by atoms with Gasteiger partial charge in [0.25, 0.3) is 0 Å². The van der Waals surface area contributed by atoms with E-state index in [2.05, 4.69) is 38.1 Å². The molecular weight excluding hydrogens is 196 g/mol. The second-order valence-electron chi connectivity index (χ2n) is 4.39. The number of benzene rings is 1. The van der Waals surface area contributed by atoms with Crippen molar-refractivity contribution in [2.75, 3.05) is 0 Å². The maximum Gasteiger partial charge on any atom is 0.119 e. The molecule has 1 unspecified atom stereocenters. The molecule has 0 fully saturated rings. The van der Waals surface area contributed by atoms with E-state index in [1.54, 1.807) is 6.07 Å². The highest BCUT2D eigenvalue weighted by molar-refractivity contribution is 5.78. The number of rotatable bonds is 2. The fourth-order valence-corrected chi connectivity index (χ4v) is 2.14. The van der Waals surface area contributed by atoms with Gasteiger partial charge in [-0.1, -0.05) is 44.2 Å². The SMILES string of the molecule is CCc1c(O)cccc1C1=CCC(C)C=C1. The third-order valence-corrected chi connectivity index (χ3v) is 3.13. The second kappa shape index (κ2) is 4.56. The van der Waals surface area contributed by atoms with Crippen molar-refractivity contribution in [1.29, 1.82) is 0 Å². The van der Waals surface area contributed by atoms with Gasteiger partial charge in [0, 0.05) is 5.56 Å². The van der Waals surface area contributed by atoms with Crippen molar-refractivity contribution in [1.82, 2.24) is 0 Å². The Morgan fingerprint density at radius 3 is 2.81 bits per heavy atom. The van der Waals surface area contributed by atoms with Gasteiger partial charge in [-0.05, 0) is 36.0 Å². The Hall–Kier alpha value is -1.50. The van der Waals surface area contributed by atoms with Gasteiger partial charge in [-0.2, -0.15) is 0 Å². The summed E-state index contributed by atoms with van der Waals surface area (Å²) in [7, 11) is 0. The summed E-state index contributed by atoms with van der Waals surface area (Å²) in [6, 6.07) is 5.76. The van der Waals surface area contributed by atoms with Crippen LogP contribution in [-0.2, 0) is 6.42 Å². The Kier molecular flexibility index (Phi) is 3.14. The molecule has 0 spiro atoms. The average Bonchev–Trinajstić information content (AvgIpc) is 2.30. The molecule has 84 valence electrons. The first-order valence-corrected chi connectivity index (χ1v) is 5.92. The molecule has 0 aliphatic heterocycles. The second-order valence-corrected chi connectivity index (χ2v) is 4.39. The molecule has 1 aromatic carbocycles. The van der Waals surface area contributed by atoms with Gasteiger partial charge in [-0.15, -0.1) is 0 Å². The van der Waals surface area contributed by atoms with Crippen LogP contribution in [0.2, 0.25) is 0 Å². The van der Waals surface area contributed by atoms with Gasteiger partial charge < -0.3 is 5.11 Å². The van der Waals surface area contributed by atoms with Gasteiger partial charge in [-0.25, -0.2) is 0 Å². The molecular formula is C15H18O. The van der Waals surface area contributed by atoms with Crippen LogP contribution in [0, 0.1) is 5.92 Å². The van der Waals surface area contributed by atoms with Crippen LogP contribution in [0.1, 0.15) is 31.4 Å². The van der Waals surface area contributed by atoms with E-state index in [4.69, 9.17) is 0 Å². The zero-order chi connectivity index (χ0) is 11.5. The zero-order valence-electron chi connectivity index (χ0n) is 9.90. The molecule has 1 nitrogen and oxygen atoms in total. The van der Waals surface area contributed by atoms with E-state index in [1.807, 2.05) is 6.07 Å². The Balaban J connectivity index is 2.41. The lowest BCUT2D eigenvalue weighted by Gasteiger charge is -2.15. The maximum atomic E-state index is 9.82. The molecule has 2 rings (SSSR count). The van der Waals surface area contributed by atoms with E-state index in [0.717, 1.165) is 18.4 Å². The first-order valence-electron chi connectivity index (χ1n) is 5.92. The molecule has 0 radical (unpaired) electrons. The van der Waals surface area contributed by atoms with Gasteiger partial charge in [0.2, 0.25) is 0 Å². The zero-order valence-corrected chi connectivity index (χ0v) is 9.90. The molecule has 1 atom stereocenters. The van der Waals surface area contributed by atoms with Crippen LogP contribution < -0.4 is 0 Å². The molecule has 1 N–H and O–H groups in total. The average molecular weight is 214 g/mol. The molecule has 0 aromatic heterocycles. The molecule has 0 saturated carbocycles. The Morgan fingerprint density at radius 1 is 1.38 bits per heavy atom. The predicted octanol–water partition coefficient (Wildman–Crippen LogP) is 3.93. The molecule has 0 saturated heterocycles. The molecule has 16 heavy (non-hydrogen) atoms. The Morgan fingerprint density at radius 2 is 2.19 bits per heavy atom. The normalized spacial score (nSPS) is 19.6. The molecule has 1 aromatic rings. The smallest absolute Gasteiger partial charge is 0.119 e. The number of phenols is 1. The summed E-state index contributed by atoms with van der Waals surface area (Å²) in [5.74, 6) is 1.04. The first kappa shape index (κ1) is 11.0. The minimum atomic E-state index is 0.410. The van der Waals surface area contributed by atoms with E-state index in [-0.39, 0.29) is 0 Å². The van der Waals surface area contributed by atoms with E-state index >= 15 is 0 Å². The van der Waals surface area contributed by atoms with E-state index in [0.29, 0.717) is 11.7 Å². The number of allylic oxidation sites excluding steroid dienone is 4. The highest BCUT2D eigenvalue weighted by atomic mass is 16.3. The van der Waals surface area contributed by atoms with Crippen LogP contribution >= 0.6 is 0 Å². The highest BCUT2D eigenvalue weighted by Crippen LogP contribution is 2.31. The minimum Gasteiger partial charge on any atom is -0.508 e. The molecule has 0 heterocycles. The first-order chi connectivity index (χ1) is 7.72. The van der Waals surface area contributed by atoms with Crippen LogP contribution in [0.3, 0.4) is 0 Å². The fourth-order valence-electron chi connectivity index (χ4n) is 2.14. The van der Waals surface area contributed by atoms with Crippen molar-refractivity contribution >= 4 is 5.57 Å². The van der Waals surface area contributed by atoms with Crippen LogP contribution in [0.5, 0.6) is 5.75 Å². The predicted molar refractivity (Wildman–Crippen MR) is 68.4 cm³/mol. The van der Waals surface area contributed by atoms with Crippen molar-refractivity contribution in [2.24, 2.45) is 5.92 Å². The lowest BCUT2D eigenvalue weighted by atomic mass is 9.90. The summed E-state index contributed by atoms with van der Waals surface area (Å²) in [5, 5.41) is 9.82. The van der Waals surface area contributed by atoms with Crippen molar-refractivity contribution < 1.29 is 5.11 Å². The summed E-state index contributed by atoms with van der Waals surface area (Å²) >= 11 is 0. The van der Waals surface area contributed by atoms with E-state index < -0.39 is 0 Å². The van der Waals surface area contributed by atoms with Gasteiger partial charge in [0.15, 0.2) is 0 Å². The van der Waals surface area contributed by atoms with E-state index in [1.165, 1.54) is 11.1 Å². The lowest BCUT2D eigenvalue weighted by molar-refractivity contribution is 0.468. The molecule has 0 amide bonds. The van der Waals surface area contributed by atoms with Crippen LogP contribution in [0.15, 0.2) is 36.4 Å². The van der Waals surface area contributed by atoms with Gasteiger partial charge >= 0.3 is 0 Å². The summed E-state index contributed by atoms with van der Waals surface area (Å²) in [6.07, 6.45) is 8.62. The van der Waals surface area contributed by atoms with Crippen molar-refractivity contribution in [3.05, 3.63) is 47.6 Å². The van der Waals surface area contributed by atoms with Crippen molar-refractivity contribution in [3.8, 4) is 5.75 Å². The van der Waals surface area contributed by atoms with Crippen LogP contribution in [0.25, 0.3) is 5.57 Å². The standard InChI is InChI=1S/C15H18O/c1-3-13-14(5-4-6-15(13)16)12-9-7-11(2)8-10-12/h4-7,9-11,16H,3,8H2,1-2H3. The molecule has 1 aliphatic carbocycles. The number of hydrogen-bond acceptors (Lipinski definition) is 1. The molecule has 1 aliphatic rings. The summed E-state index contributed by atoms with van der Waals surface area (Å²) < 4.78 is 0. The largest absolute Gasteiger partial charge is 0.508 e. The fraction of sp³-hybridized carbons (Fsp3) is 0.333. The Bertz CT molecular complexity index is 441. The third-order valence-electron chi connectivity index (χ3n) is 3.13. The monoisotopic (exact) mass is 214 g/mol. The number of aromatic hydroxyl groups is 1. The summed E-state index contributed by atoms with van der Waals surface area (Å²) in [5.41, 5.74) is 3.46. The van der Waals surface area contributed by atoms with Crippen molar-refractivity contribution in [2.45, 2.75) is 26.7 Å². The number of phenolic OH excluding ortho intramolecular Hbond substituents is 1. The molecule has 1 heteroatoms. The third kappa shape index (κ3) is 2.04. The summed E-state index contributed by atoms with van der Waals surface area (Å²) in [4.78, 5) is 0. The topological polar surface area (TPSA) is 20.2 Å². The lowest BCUT2D eigenvalue weighted by Crippen LogP contribution is -1.97. The maximum absolute atomic E-state index is 9.82. The van der Waals surface area contributed by atoms with E-state index in [9.17, 15) is 5.11 Å². The summed E-state index contributed by atoms with van der Waals surface area (Å²) in [6.45, 7) is 4.29. The van der Waals surface area contributed by atoms with Gasteiger partial charge in [-0.3, -0.25) is 0 Å². The van der Waals surface area contributed by atoms with Gasteiger partial charge in [0.05, 0.1) is 0 Å². The Labute approximate surface area is 97.1 Å². The van der Waals surface area contributed by atoms with Crippen molar-refractivity contribution in [3.63, 3.8) is 0 Å². The number of hydrogen-bond donors (Lipinski definition) is 1. The van der Waals surface area contributed by atoms with Crippen LogP contribution in [0.4, 0.5) is 0 Å². The van der Waals surface area contributed by atoms with Gasteiger partial charge in [0.1, 0.15) is 5.75 Å². The quantitative estimate of drug-likeness (QED) is 0.790. The highest BCUT2D eigenvalue weighted by Gasteiger charge is 2.11.